The lowest BCUT2D eigenvalue weighted by molar-refractivity contribution is -0.115. The minimum absolute atomic E-state index is 0.0736. The Morgan fingerprint density at radius 2 is 1.86 bits per heavy atom. The Balaban J connectivity index is 1.92. The van der Waals surface area contributed by atoms with E-state index in [4.69, 9.17) is 9.47 Å². The van der Waals surface area contributed by atoms with Crippen molar-refractivity contribution in [1.29, 1.82) is 0 Å². The molecule has 29 heavy (non-hydrogen) atoms. The van der Waals surface area contributed by atoms with Crippen LogP contribution in [0.2, 0.25) is 0 Å². The van der Waals surface area contributed by atoms with Gasteiger partial charge >= 0.3 is 6.01 Å². The number of hydrogen-bond acceptors (Lipinski definition) is 5. The maximum Gasteiger partial charge on any atom is 0.336 e. The van der Waals surface area contributed by atoms with Gasteiger partial charge in [0.25, 0.3) is 0 Å². The molecule has 0 atom stereocenters. The summed E-state index contributed by atoms with van der Waals surface area (Å²) < 4.78 is 26.7. The Kier molecular flexibility index (Phi) is 6.91. The Morgan fingerprint density at radius 3 is 2.55 bits per heavy atom. The molecule has 0 aliphatic carbocycles. The summed E-state index contributed by atoms with van der Waals surface area (Å²) >= 11 is 0. The molecule has 0 spiro atoms. The van der Waals surface area contributed by atoms with Crippen LogP contribution < -0.4 is 10.1 Å². The summed E-state index contributed by atoms with van der Waals surface area (Å²) in [6.07, 6.45) is 0.394. The van der Waals surface area contributed by atoms with Crippen molar-refractivity contribution in [1.82, 2.24) is 14.8 Å². The lowest BCUT2D eigenvalue weighted by Crippen LogP contribution is -2.09. The summed E-state index contributed by atoms with van der Waals surface area (Å²) in [4.78, 5) is 15.9. The maximum absolute atomic E-state index is 14.4. The number of nitrogens with zero attached hydrogens (tertiary/aromatic N) is 3. The van der Waals surface area contributed by atoms with E-state index in [1.165, 1.54) is 10.7 Å². The highest BCUT2D eigenvalue weighted by Crippen LogP contribution is 2.26. The lowest BCUT2D eigenvalue weighted by Gasteiger charge is -2.08. The third-order valence-electron chi connectivity index (χ3n) is 4.08. The molecular formula is C21H23FN4O3. The van der Waals surface area contributed by atoms with Gasteiger partial charge in [0.15, 0.2) is 5.82 Å². The summed E-state index contributed by atoms with van der Waals surface area (Å²) in [5.41, 5.74) is 1.63. The number of carbonyl (C=O) groups is 1. The molecule has 1 aromatic heterocycles. The predicted molar refractivity (Wildman–Crippen MR) is 108 cm³/mol. The molecular weight excluding hydrogens is 375 g/mol. The van der Waals surface area contributed by atoms with Crippen molar-refractivity contribution in [2.24, 2.45) is 0 Å². The molecule has 1 N–H and O–H groups in total. The van der Waals surface area contributed by atoms with Gasteiger partial charge in [-0.25, -0.2) is 9.07 Å². The first-order valence-electron chi connectivity index (χ1n) is 9.45. The highest BCUT2D eigenvalue weighted by molar-refractivity contribution is 5.90. The monoisotopic (exact) mass is 398 g/mol. The van der Waals surface area contributed by atoms with Crippen molar-refractivity contribution < 1.29 is 18.7 Å². The highest BCUT2D eigenvalue weighted by atomic mass is 19.1. The Labute approximate surface area is 168 Å². The smallest absolute Gasteiger partial charge is 0.336 e. The first kappa shape index (κ1) is 20.5. The number of ether oxygens (including phenoxy) is 2. The van der Waals surface area contributed by atoms with Crippen LogP contribution in [0.5, 0.6) is 6.01 Å². The van der Waals surface area contributed by atoms with Gasteiger partial charge in [0.05, 0.1) is 17.9 Å². The fourth-order valence-corrected chi connectivity index (χ4v) is 2.62. The van der Waals surface area contributed by atoms with Crippen LogP contribution in [0.3, 0.4) is 0 Å². The highest BCUT2D eigenvalue weighted by Gasteiger charge is 2.17. The Bertz CT molecular complexity index is 957. The van der Waals surface area contributed by atoms with E-state index in [-0.39, 0.29) is 18.5 Å². The molecule has 2 aromatic carbocycles. The molecule has 8 heteroatoms. The zero-order valence-electron chi connectivity index (χ0n) is 16.4. The van der Waals surface area contributed by atoms with Gasteiger partial charge in [0.2, 0.25) is 5.91 Å². The number of hydrogen-bond donors (Lipinski definition) is 1. The summed E-state index contributed by atoms with van der Waals surface area (Å²) in [6, 6.07) is 13.5. The fourth-order valence-electron chi connectivity index (χ4n) is 2.62. The van der Waals surface area contributed by atoms with E-state index >= 15 is 0 Å². The standard InChI is InChI=1S/C21H23FN4O3/c1-3-19(27)23-15-9-11-16(12-10-15)26-20(17-7-5-6-8-18(17)22)24-21(25-26)29-14-13-28-4-2/h5-12H,3-4,13-14H2,1-2H3,(H,23,27). The van der Waals surface area contributed by atoms with Gasteiger partial charge in [-0.05, 0) is 43.3 Å². The quantitative estimate of drug-likeness (QED) is 0.554. The second-order valence-corrected chi connectivity index (χ2v) is 6.10. The van der Waals surface area contributed by atoms with Gasteiger partial charge in [0, 0.05) is 18.7 Å². The van der Waals surface area contributed by atoms with Crippen molar-refractivity contribution in [3.05, 3.63) is 54.3 Å². The van der Waals surface area contributed by atoms with Crippen LogP contribution in [0.4, 0.5) is 10.1 Å². The minimum Gasteiger partial charge on any atom is -0.460 e. The van der Waals surface area contributed by atoms with Crippen LogP contribution in [-0.2, 0) is 9.53 Å². The van der Waals surface area contributed by atoms with E-state index in [9.17, 15) is 9.18 Å². The molecule has 0 saturated heterocycles. The lowest BCUT2D eigenvalue weighted by atomic mass is 10.2. The van der Waals surface area contributed by atoms with Crippen molar-refractivity contribution in [2.75, 3.05) is 25.1 Å². The van der Waals surface area contributed by atoms with Gasteiger partial charge in [-0.1, -0.05) is 19.1 Å². The van der Waals surface area contributed by atoms with Gasteiger partial charge < -0.3 is 14.8 Å². The molecule has 152 valence electrons. The van der Waals surface area contributed by atoms with E-state index < -0.39 is 5.82 Å². The van der Waals surface area contributed by atoms with Gasteiger partial charge in [-0.2, -0.15) is 4.98 Å². The number of aromatic nitrogens is 3. The van der Waals surface area contributed by atoms with Crippen LogP contribution in [0.15, 0.2) is 48.5 Å². The average Bonchev–Trinajstić information content (AvgIpc) is 3.16. The van der Waals surface area contributed by atoms with Crippen LogP contribution >= 0.6 is 0 Å². The van der Waals surface area contributed by atoms with Crippen LogP contribution in [0.1, 0.15) is 20.3 Å². The number of rotatable bonds is 9. The molecule has 0 saturated carbocycles. The molecule has 3 aromatic rings. The SMILES string of the molecule is CCOCCOc1nc(-c2ccccc2F)n(-c2ccc(NC(=O)CC)cc2)n1. The van der Waals surface area contributed by atoms with E-state index in [0.29, 0.717) is 42.4 Å². The van der Waals surface area contributed by atoms with Crippen LogP contribution in [-0.4, -0.2) is 40.5 Å². The van der Waals surface area contributed by atoms with Crippen molar-refractivity contribution >= 4 is 11.6 Å². The second-order valence-electron chi connectivity index (χ2n) is 6.10. The molecule has 0 fully saturated rings. The van der Waals surface area contributed by atoms with Gasteiger partial charge in [-0.15, -0.1) is 5.10 Å². The van der Waals surface area contributed by atoms with Crippen LogP contribution in [0.25, 0.3) is 17.1 Å². The molecule has 7 nitrogen and oxygen atoms in total. The van der Waals surface area contributed by atoms with Gasteiger partial charge in [-0.3, -0.25) is 4.79 Å². The third kappa shape index (κ3) is 5.17. The first-order valence-corrected chi connectivity index (χ1v) is 9.45. The number of nitrogens with one attached hydrogen (secondary N) is 1. The zero-order valence-corrected chi connectivity index (χ0v) is 16.4. The van der Waals surface area contributed by atoms with E-state index in [1.807, 2.05) is 6.92 Å². The number of halogens is 1. The Morgan fingerprint density at radius 1 is 1.10 bits per heavy atom. The Hall–Kier alpha value is -3.26. The number of benzene rings is 2. The van der Waals surface area contributed by atoms with Crippen molar-refractivity contribution in [2.45, 2.75) is 20.3 Å². The normalized spacial score (nSPS) is 10.7. The van der Waals surface area contributed by atoms with E-state index in [2.05, 4.69) is 15.4 Å². The first-order chi connectivity index (χ1) is 14.1. The number of carbonyl (C=O) groups excluding carboxylic acids is 1. The van der Waals surface area contributed by atoms with E-state index in [1.54, 1.807) is 49.4 Å². The molecule has 0 aliphatic rings. The van der Waals surface area contributed by atoms with Crippen LogP contribution in [0, 0.1) is 5.82 Å². The number of amides is 1. The molecule has 1 heterocycles. The van der Waals surface area contributed by atoms with E-state index in [0.717, 1.165) is 0 Å². The molecule has 0 bridgehead atoms. The summed E-state index contributed by atoms with van der Waals surface area (Å²) in [5, 5.41) is 7.16. The summed E-state index contributed by atoms with van der Waals surface area (Å²) in [6.45, 7) is 4.97. The minimum atomic E-state index is -0.408. The molecule has 3 rings (SSSR count). The number of anilines is 1. The van der Waals surface area contributed by atoms with Crippen molar-refractivity contribution in [3.63, 3.8) is 0 Å². The average molecular weight is 398 g/mol. The molecule has 0 unspecified atom stereocenters. The second kappa shape index (κ2) is 9.79. The largest absolute Gasteiger partial charge is 0.460 e. The fraction of sp³-hybridized carbons (Fsp3) is 0.286. The molecule has 0 aliphatic heterocycles. The molecule has 1 amide bonds. The topological polar surface area (TPSA) is 78.3 Å². The van der Waals surface area contributed by atoms with Gasteiger partial charge in [0.1, 0.15) is 12.4 Å². The van der Waals surface area contributed by atoms with Crippen molar-refractivity contribution in [3.8, 4) is 23.1 Å². The molecule has 0 radical (unpaired) electrons. The zero-order chi connectivity index (χ0) is 20.6. The summed E-state index contributed by atoms with van der Waals surface area (Å²) in [5.74, 6) is -0.163. The summed E-state index contributed by atoms with van der Waals surface area (Å²) in [7, 11) is 0. The predicted octanol–water partition coefficient (Wildman–Crippen LogP) is 3.84. The third-order valence-corrected chi connectivity index (χ3v) is 4.08. The maximum atomic E-state index is 14.4.